The minimum absolute atomic E-state index is 0.0747. The van der Waals surface area contributed by atoms with Gasteiger partial charge in [0.25, 0.3) is 0 Å². The highest BCUT2D eigenvalue weighted by atomic mass is 32.1. The average Bonchev–Trinajstić information content (AvgIpc) is 2.93. The lowest BCUT2D eigenvalue weighted by molar-refractivity contribution is 0.104. The summed E-state index contributed by atoms with van der Waals surface area (Å²) in [5.74, 6) is 0.194. The Labute approximate surface area is 158 Å². The zero-order valence-electron chi connectivity index (χ0n) is 15.7. The van der Waals surface area contributed by atoms with Crippen molar-refractivity contribution in [2.45, 2.75) is 34.6 Å². The van der Waals surface area contributed by atoms with E-state index in [-0.39, 0.29) is 11.6 Å². The minimum Gasteiger partial charge on any atom is -0.382 e. The summed E-state index contributed by atoms with van der Waals surface area (Å²) in [6.45, 7) is 10.1. The van der Waals surface area contributed by atoms with Gasteiger partial charge in [0.05, 0.1) is 0 Å². The molecule has 0 unspecified atom stereocenters. The number of anilines is 3. The van der Waals surface area contributed by atoms with Gasteiger partial charge >= 0.3 is 0 Å². The number of ketones is 1. The molecule has 134 valence electrons. The zero-order valence-corrected chi connectivity index (χ0v) is 16.5. The quantitative estimate of drug-likeness (QED) is 0.620. The second-order valence-electron chi connectivity index (χ2n) is 6.76. The fraction of sp³-hybridized carbons (Fsp3) is 0.238. The van der Waals surface area contributed by atoms with Crippen molar-refractivity contribution in [2.24, 2.45) is 0 Å². The van der Waals surface area contributed by atoms with Crippen LogP contribution in [0.15, 0.2) is 30.3 Å². The number of nitrogens with zero attached hydrogens (tertiary/aromatic N) is 1. The van der Waals surface area contributed by atoms with Crippen LogP contribution in [-0.2, 0) is 0 Å². The summed E-state index contributed by atoms with van der Waals surface area (Å²) in [4.78, 5) is 17.8. The number of nitrogens with two attached hydrogens (primary N) is 1. The highest BCUT2D eigenvalue weighted by Gasteiger charge is 2.20. The number of carbonyl (C=O) groups is 1. The normalized spacial score (nSPS) is 10.8. The fourth-order valence-electron chi connectivity index (χ4n) is 2.94. The van der Waals surface area contributed by atoms with Crippen LogP contribution in [-0.4, -0.2) is 10.8 Å². The Hall–Kier alpha value is -2.66. The summed E-state index contributed by atoms with van der Waals surface area (Å²) in [5.41, 5.74) is 13.2. The van der Waals surface area contributed by atoms with E-state index in [1.54, 1.807) is 0 Å². The molecule has 0 fully saturated rings. The van der Waals surface area contributed by atoms with Crippen molar-refractivity contribution in [3.05, 3.63) is 68.6 Å². The van der Waals surface area contributed by atoms with E-state index in [1.165, 1.54) is 22.5 Å². The first-order valence-corrected chi connectivity index (χ1v) is 9.31. The van der Waals surface area contributed by atoms with Crippen molar-refractivity contribution in [2.75, 3.05) is 11.1 Å². The van der Waals surface area contributed by atoms with Gasteiger partial charge in [-0.3, -0.25) is 4.79 Å². The van der Waals surface area contributed by atoms with Gasteiger partial charge in [0, 0.05) is 11.3 Å². The first-order chi connectivity index (χ1) is 12.3. The molecule has 0 amide bonds. The minimum atomic E-state index is -0.0747. The van der Waals surface area contributed by atoms with Crippen molar-refractivity contribution in [1.82, 2.24) is 4.98 Å². The molecule has 0 aliphatic rings. The number of carbonyl (C=O) groups excluding carboxylic acids is 1. The highest BCUT2D eigenvalue weighted by molar-refractivity contribution is 7.18. The lowest BCUT2D eigenvalue weighted by atomic mass is 9.97. The molecule has 2 aromatic carbocycles. The number of nitrogens with one attached hydrogen (secondary N) is 1. The first-order valence-electron chi connectivity index (χ1n) is 8.49. The first kappa shape index (κ1) is 18.1. The molecule has 3 N–H and O–H groups in total. The number of hydrogen-bond donors (Lipinski definition) is 2. The Kier molecular flexibility index (Phi) is 4.83. The molecule has 3 rings (SSSR count). The third-order valence-corrected chi connectivity index (χ3v) is 5.55. The molecular formula is C21H23N3OS. The van der Waals surface area contributed by atoms with Crippen molar-refractivity contribution in [3.8, 4) is 0 Å². The Morgan fingerprint density at radius 3 is 2.35 bits per heavy atom. The van der Waals surface area contributed by atoms with Gasteiger partial charge in [-0.15, -0.1) is 0 Å². The summed E-state index contributed by atoms with van der Waals surface area (Å²) in [5, 5.41) is 3.90. The molecule has 0 spiro atoms. The van der Waals surface area contributed by atoms with E-state index in [9.17, 15) is 4.79 Å². The molecule has 3 aromatic rings. The fourth-order valence-corrected chi connectivity index (χ4v) is 3.80. The summed E-state index contributed by atoms with van der Waals surface area (Å²) in [7, 11) is 0. The van der Waals surface area contributed by atoms with Crippen LogP contribution in [0.4, 0.5) is 16.6 Å². The average molecular weight is 366 g/mol. The maximum atomic E-state index is 13.0. The van der Waals surface area contributed by atoms with Crippen LogP contribution in [0.5, 0.6) is 0 Å². The summed E-state index contributed by atoms with van der Waals surface area (Å²) >= 11 is 1.29. The second-order valence-corrected chi connectivity index (χ2v) is 7.76. The standard InChI is InChI=1S/C21H23N3OS/c1-11-6-7-17(15(5)8-11)23-21-24-20(22)19(26-21)18(25)16-10-13(3)12(2)9-14(16)4/h6-10H,22H2,1-5H3,(H,23,24). The molecule has 0 atom stereocenters. The number of thiazole rings is 1. The van der Waals surface area contributed by atoms with Gasteiger partial charge in [-0.05, 0) is 69.0 Å². The maximum absolute atomic E-state index is 13.0. The van der Waals surface area contributed by atoms with E-state index in [1.807, 2.05) is 52.0 Å². The lowest BCUT2D eigenvalue weighted by Crippen LogP contribution is -2.05. The van der Waals surface area contributed by atoms with Crippen LogP contribution in [0.1, 0.15) is 43.1 Å². The van der Waals surface area contributed by atoms with Crippen LogP contribution >= 0.6 is 11.3 Å². The second kappa shape index (κ2) is 6.92. The van der Waals surface area contributed by atoms with Crippen molar-refractivity contribution in [1.29, 1.82) is 0 Å². The van der Waals surface area contributed by atoms with Crippen LogP contribution in [0.2, 0.25) is 0 Å². The van der Waals surface area contributed by atoms with E-state index < -0.39 is 0 Å². The van der Waals surface area contributed by atoms with E-state index in [0.29, 0.717) is 15.6 Å². The molecule has 1 aromatic heterocycles. The van der Waals surface area contributed by atoms with E-state index in [4.69, 9.17) is 5.73 Å². The molecule has 0 aliphatic heterocycles. The van der Waals surface area contributed by atoms with E-state index in [2.05, 4.69) is 23.3 Å². The number of aromatic nitrogens is 1. The monoisotopic (exact) mass is 365 g/mol. The zero-order chi connectivity index (χ0) is 19.0. The third-order valence-electron chi connectivity index (χ3n) is 4.57. The summed E-state index contributed by atoms with van der Waals surface area (Å²) in [6.07, 6.45) is 0. The summed E-state index contributed by atoms with van der Waals surface area (Å²) in [6, 6.07) is 10.1. The maximum Gasteiger partial charge on any atom is 0.207 e. The van der Waals surface area contributed by atoms with Gasteiger partial charge in [0.15, 0.2) is 5.13 Å². The van der Waals surface area contributed by atoms with Crippen molar-refractivity contribution < 1.29 is 4.79 Å². The van der Waals surface area contributed by atoms with Crippen molar-refractivity contribution in [3.63, 3.8) is 0 Å². The smallest absolute Gasteiger partial charge is 0.207 e. The van der Waals surface area contributed by atoms with Gasteiger partial charge in [0.1, 0.15) is 10.7 Å². The molecule has 0 saturated carbocycles. The van der Waals surface area contributed by atoms with E-state index >= 15 is 0 Å². The highest BCUT2D eigenvalue weighted by Crippen LogP contribution is 2.31. The number of rotatable bonds is 4. The number of benzene rings is 2. The Bertz CT molecular complexity index is 1000. The third kappa shape index (κ3) is 3.48. The molecule has 26 heavy (non-hydrogen) atoms. The predicted molar refractivity (Wildman–Crippen MR) is 110 cm³/mol. The van der Waals surface area contributed by atoms with Gasteiger partial charge in [-0.2, -0.15) is 0 Å². The molecule has 1 heterocycles. The van der Waals surface area contributed by atoms with Gasteiger partial charge < -0.3 is 11.1 Å². The van der Waals surface area contributed by atoms with E-state index in [0.717, 1.165) is 22.4 Å². The molecule has 0 aliphatic carbocycles. The van der Waals surface area contributed by atoms with Crippen LogP contribution in [0.25, 0.3) is 0 Å². The SMILES string of the molecule is Cc1ccc(Nc2nc(N)c(C(=O)c3cc(C)c(C)cc3C)s2)c(C)c1. The van der Waals surface area contributed by atoms with Crippen LogP contribution in [0, 0.1) is 34.6 Å². The predicted octanol–water partition coefficient (Wildman–Crippen LogP) is 5.24. The lowest BCUT2D eigenvalue weighted by Gasteiger charge is -2.08. The topological polar surface area (TPSA) is 68.0 Å². The van der Waals surface area contributed by atoms with Gasteiger partial charge in [-0.25, -0.2) is 4.98 Å². The number of hydrogen-bond acceptors (Lipinski definition) is 5. The van der Waals surface area contributed by atoms with Crippen molar-refractivity contribution >= 4 is 33.8 Å². The number of aryl methyl sites for hydroxylation is 5. The van der Waals surface area contributed by atoms with Gasteiger partial charge in [0.2, 0.25) is 5.78 Å². The summed E-state index contributed by atoms with van der Waals surface area (Å²) < 4.78 is 0. The largest absolute Gasteiger partial charge is 0.382 e. The number of nitrogen functional groups attached to an aromatic ring is 1. The molecule has 0 bridgehead atoms. The van der Waals surface area contributed by atoms with Crippen LogP contribution < -0.4 is 11.1 Å². The Morgan fingerprint density at radius 2 is 1.65 bits per heavy atom. The molecule has 0 saturated heterocycles. The molecule has 0 radical (unpaired) electrons. The Balaban J connectivity index is 1.93. The van der Waals surface area contributed by atoms with Crippen LogP contribution in [0.3, 0.4) is 0 Å². The molecular weight excluding hydrogens is 342 g/mol. The molecule has 5 heteroatoms. The van der Waals surface area contributed by atoms with Gasteiger partial charge in [-0.1, -0.05) is 35.1 Å². The molecule has 4 nitrogen and oxygen atoms in total. The Morgan fingerprint density at radius 1 is 0.962 bits per heavy atom.